The van der Waals surface area contributed by atoms with Crippen LogP contribution in [0.2, 0.25) is 0 Å². The molecule has 1 amide bonds. The first-order valence-corrected chi connectivity index (χ1v) is 7.51. The number of hydrogen-bond donors (Lipinski definition) is 2. The lowest BCUT2D eigenvalue weighted by atomic mass is 9.77. The minimum absolute atomic E-state index is 0.0216. The summed E-state index contributed by atoms with van der Waals surface area (Å²) in [5, 5.41) is 6.53. The first-order chi connectivity index (χ1) is 9.42. The Morgan fingerprint density at radius 1 is 1.40 bits per heavy atom. The summed E-state index contributed by atoms with van der Waals surface area (Å²) in [4.78, 5) is 12.5. The van der Waals surface area contributed by atoms with Crippen molar-refractivity contribution < 1.29 is 4.79 Å². The highest BCUT2D eigenvalue weighted by Gasteiger charge is 2.37. The van der Waals surface area contributed by atoms with E-state index in [2.05, 4.69) is 50.5 Å². The number of aryl methyl sites for hydroxylation is 1. The van der Waals surface area contributed by atoms with Crippen molar-refractivity contribution in [3.63, 3.8) is 0 Å². The number of nitrogens with one attached hydrogen (secondary N) is 2. The third kappa shape index (κ3) is 3.21. The predicted molar refractivity (Wildman–Crippen MR) is 82.5 cm³/mol. The van der Waals surface area contributed by atoms with Gasteiger partial charge in [-0.15, -0.1) is 0 Å². The van der Waals surface area contributed by atoms with Gasteiger partial charge in [-0.1, -0.05) is 38.1 Å². The Balaban J connectivity index is 2.06. The molecule has 2 atom stereocenters. The van der Waals surface area contributed by atoms with Gasteiger partial charge in [0.1, 0.15) is 0 Å². The zero-order chi connectivity index (χ0) is 14.8. The van der Waals surface area contributed by atoms with Crippen LogP contribution in [0.4, 0.5) is 0 Å². The Labute approximate surface area is 122 Å². The molecule has 1 heterocycles. The molecule has 3 nitrogen and oxygen atoms in total. The van der Waals surface area contributed by atoms with E-state index in [1.807, 2.05) is 12.1 Å². The summed E-state index contributed by atoms with van der Waals surface area (Å²) < 4.78 is 0. The first kappa shape index (κ1) is 15.0. The Morgan fingerprint density at radius 3 is 2.75 bits per heavy atom. The molecule has 20 heavy (non-hydrogen) atoms. The highest BCUT2D eigenvalue weighted by atomic mass is 16.2. The van der Waals surface area contributed by atoms with Crippen molar-refractivity contribution in [2.45, 2.75) is 52.6 Å². The molecule has 0 saturated carbocycles. The molecule has 0 aliphatic carbocycles. The van der Waals surface area contributed by atoms with Gasteiger partial charge in [0.25, 0.3) is 0 Å². The molecule has 1 fully saturated rings. The number of carbonyl (C=O) groups is 1. The van der Waals surface area contributed by atoms with Crippen LogP contribution in [0.5, 0.6) is 0 Å². The van der Waals surface area contributed by atoms with E-state index in [-0.39, 0.29) is 23.4 Å². The summed E-state index contributed by atoms with van der Waals surface area (Å²) in [7, 11) is 0. The number of benzene rings is 1. The number of rotatable bonds is 3. The molecule has 1 aliphatic heterocycles. The van der Waals surface area contributed by atoms with Crippen LogP contribution in [0, 0.1) is 12.3 Å². The minimum Gasteiger partial charge on any atom is -0.348 e. The lowest BCUT2D eigenvalue weighted by molar-refractivity contribution is -0.127. The average Bonchev–Trinajstić information content (AvgIpc) is 2.38. The number of amides is 1. The molecular formula is C17H26N2O. The van der Waals surface area contributed by atoms with E-state index < -0.39 is 0 Å². The minimum atomic E-state index is -0.0947. The maximum Gasteiger partial charge on any atom is 0.238 e. The van der Waals surface area contributed by atoms with Crippen LogP contribution < -0.4 is 10.6 Å². The molecule has 3 heteroatoms. The summed E-state index contributed by atoms with van der Waals surface area (Å²) in [5.41, 5.74) is 2.43. The first-order valence-electron chi connectivity index (χ1n) is 7.51. The molecular weight excluding hydrogens is 248 g/mol. The van der Waals surface area contributed by atoms with E-state index in [1.165, 1.54) is 11.1 Å². The SMILES string of the molecule is Cc1ccccc1[C@@H](C)NC(=O)C1NCCCC1(C)C. The summed E-state index contributed by atoms with van der Waals surface area (Å²) in [6.07, 6.45) is 2.24. The van der Waals surface area contributed by atoms with Crippen LogP contribution in [0.25, 0.3) is 0 Å². The van der Waals surface area contributed by atoms with Gasteiger partial charge in [0.05, 0.1) is 12.1 Å². The smallest absolute Gasteiger partial charge is 0.238 e. The zero-order valence-electron chi connectivity index (χ0n) is 13.0. The molecule has 1 unspecified atom stereocenters. The van der Waals surface area contributed by atoms with Crippen molar-refractivity contribution in [3.05, 3.63) is 35.4 Å². The third-order valence-electron chi connectivity index (χ3n) is 4.40. The highest BCUT2D eigenvalue weighted by Crippen LogP contribution is 2.30. The number of piperidine rings is 1. The van der Waals surface area contributed by atoms with Crippen molar-refractivity contribution >= 4 is 5.91 Å². The highest BCUT2D eigenvalue weighted by molar-refractivity contribution is 5.83. The largest absolute Gasteiger partial charge is 0.348 e. The van der Waals surface area contributed by atoms with Gasteiger partial charge in [-0.2, -0.15) is 0 Å². The van der Waals surface area contributed by atoms with Gasteiger partial charge in [0, 0.05) is 0 Å². The molecule has 2 rings (SSSR count). The summed E-state index contributed by atoms with van der Waals surface area (Å²) in [6, 6.07) is 8.17. The Kier molecular flexibility index (Phi) is 4.48. The van der Waals surface area contributed by atoms with Crippen molar-refractivity contribution in [1.82, 2.24) is 10.6 Å². The van der Waals surface area contributed by atoms with E-state index in [9.17, 15) is 4.79 Å². The Bertz CT molecular complexity index is 482. The molecule has 1 aromatic carbocycles. The second-order valence-corrected chi connectivity index (χ2v) is 6.57. The summed E-state index contributed by atoms with van der Waals surface area (Å²) in [6.45, 7) is 9.40. The van der Waals surface area contributed by atoms with Crippen LogP contribution in [0.3, 0.4) is 0 Å². The lowest BCUT2D eigenvalue weighted by Crippen LogP contribution is -2.55. The van der Waals surface area contributed by atoms with Crippen LogP contribution in [-0.2, 0) is 4.79 Å². The topological polar surface area (TPSA) is 41.1 Å². The molecule has 2 N–H and O–H groups in total. The summed E-state index contributed by atoms with van der Waals surface area (Å²) >= 11 is 0. The number of hydrogen-bond acceptors (Lipinski definition) is 2. The van der Waals surface area contributed by atoms with Crippen LogP contribution >= 0.6 is 0 Å². The van der Waals surface area contributed by atoms with Gasteiger partial charge in [0.15, 0.2) is 0 Å². The van der Waals surface area contributed by atoms with E-state index in [0.717, 1.165) is 19.4 Å². The standard InChI is InChI=1S/C17H26N2O/c1-12-8-5-6-9-14(12)13(2)19-16(20)15-17(3,4)10-7-11-18-15/h5-6,8-9,13,15,18H,7,10-11H2,1-4H3,(H,19,20)/t13-,15?/m1/s1. The van der Waals surface area contributed by atoms with E-state index in [4.69, 9.17) is 0 Å². The zero-order valence-corrected chi connectivity index (χ0v) is 13.0. The van der Waals surface area contributed by atoms with Crippen molar-refractivity contribution in [1.29, 1.82) is 0 Å². The van der Waals surface area contributed by atoms with Gasteiger partial charge in [-0.05, 0) is 49.8 Å². The third-order valence-corrected chi connectivity index (χ3v) is 4.40. The van der Waals surface area contributed by atoms with Gasteiger partial charge < -0.3 is 10.6 Å². The van der Waals surface area contributed by atoms with Crippen molar-refractivity contribution in [3.8, 4) is 0 Å². The van der Waals surface area contributed by atoms with E-state index >= 15 is 0 Å². The fraction of sp³-hybridized carbons (Fsp3) is 0.588. The number of carbonyl (C=O) groups excluding carboxylic acids is 1. The maximum absolute atomic E-state index is 12.5. The summed E-state index contributed by atoms with van der Waals surface area (Å²) in [5.74, 6) is 0.116. The molecule has 110 valence electrons. The van der Waals surface area contributed by atoms with Gasteiger partial charge in [-0.3, -0.25) is 4.79 Å². The molecule has 0 radical (unpaired) electrons. The van der Waals surface area contributed by atoms with Crippen LogP contribution in [-0.4, -0.2) is 18.5 Å². The monoisotopic (exact) mass is 274 g/mol. The van der Waals surface area contributed by atoms with E-state index in [1.54, 1.807) is 0 Å². The van der Waals surface area contributed by atoms with Crippen molar-refractivity contribution in [2.24, 2.45) is 5.41 Å². The second kappa shape index (κ2) is 5.96. The fourth-order valence-electron chi connectivity index (χ4n) is 3.11. The van der Waals surface area contributed by atoms with E-state index in [0.29, 0.717) is 0 Å². The van der Waals surface area contributed by atoms with Gasteiger partial charge in [0.2, 0.25) is 5.91 Å². The normalized spacial score (nSPS) is 23.1. The predicted octanol–water partition coefficient (Wildman–Crippen LogP) is 2.95. The Hall–Kier alpha value is -1.35. The van der Waals surface area contributed by atoms with Crippen LogP contribution in [0.15, 0.2) is 24.3 Å². The molecule has 1 aromatic rings. The van der Waals surface area contributed by atoms with Crippen LogP contribution in [0.1, 0.15) is 50.8 Å². The lowest BCUT2D eigenvalue weighted by Gasteiger charge is -2.38. The molecule has 0 spiro atoms. The van der Waals surface area contributed by atoms with Gasteiger partial charge >= 0.3 is 0 Å². The quantitative estimate of drug-likeness (QED) is 0.889. The molecule has 0 aromatic heterocycles. The molecule has 0 bridgehead atoms. The fourth-order valence-corrected chi connectivity index (χ4v) is 3.11. The molecule has 1 saturated heterocycles. The second-order valence-electron chi connectivity index (χ2n) is 6.57. The van der Waals surface area contributed by atoms with Gasteiger partial charge in [-0.25, -0.2) is 0 Å². The Morgan fingerprint density at radius 2 is 2.10 bits per heavy atom. The average molecular weight is 274 g/mol. The molecule has 1 aliphatic rings. The van der Waals surface area contributed by atoms with Crippen molar-refractivity contribution in [2.75, 3.05) is 6.54 Å². The maximum atomic E-state index is 12.5.